The third kappa shape index (κ3) is 6.74. The molecule has 9 heteroatoms. The van der Waals surface area contributed by atoms with Crippen molar-refractivity contribution in [1.29, 1.82) is 0 Å². The van der Waals surface area contributed by atoms with Crippen molar-refractivity contribution >= 4 is 51.4 Å². The van der Waals surface area contributed by atoms with Crippen LogP contribution < -0.4 is 10.6 Å². The Morgan fingerprint density at radius 2 is 2.11 bits per heavy atom. The van der Waals surface area contributed by atoms with Gasteiger partial charge in [0.05, 0.1) is 24.1 Å². The molecule has 2 aliphatic heterocycles. The molecule has 0 aromatic heterocycles. The number of halogens is 2. The van der Waals surface area contributed by atoms with Crippen LogP contribution in [0.4, 0.5) is 0 Å². The van der Waals surface area contributed by atoms with Crippen LogP contribution in [0.1, 0.15) is 37.8 Å². The lowest BCUT2D eigenvalue weighted by Crippen LogP contribution is -2.44. The van der Waals surface area contributed by atoms with E-state index in [0.29, 0.717) is 18.9 Å². The van der Waals surface area contributed by atoms with Crippen LogP contribution in [-0.2, 0) is 9.84 Å². The van der Waals surface area contributed by atoms with Crippen LogP contribution in [0.5, 0.6) is 0 Å². The number of aliphatic imine (C=N–C) groups is 1. The van der Waals surface area contributed by atoms with Gasteiger partial charge in [-0.25, -0.2) is 8.42 Å². The molecule has 0 bridgehead atoms. The van der Waals surface area contributed by atoms with Crippen molar-refractivity contribution in [3.8, 4) is 0 Å². The first-order chi connectivity index (χ1) is 13.0. The molecule has 2 saturated heterocycles. The average molecular weight is 541 g/mol. The number of hydrogen-bond donors (Lipinski definition) is 2. The van der Waals surface area contributed by atoms with Gasteiger partial charge < -0.3 is 10.6 Å². The molecule has 158 valence electrons. The molecule has 2 fully saturated rings. The standard InChI is InChI=1S/C19H29ClN4O2S.HI/c1-2-21-19(23-17-8-11-27(25,26)14-17)22-13-18(24-9-3-4-10-24)15-6-5-7-16(20)12-15;/h5-7,12,17-18H,2-4,8-11,13-14H2,1H3,(H2,21,22,23);1H. The number of nitrogens with one attached hydrogen (secondary N) is 2. The Morgan fingerprint density at radius 3 is 2.71 bits per heavy atom. The summed E-state index contributed by atoms with van der Waals surface area (Å²) in [5, 5.41) is 7.28. The summed E-state index contributed by atoms with van der Waals surface area (Å²) in [6, 6.07) is 8.11. The predicted molar refractivity (Wildman–Crippen MR) is 127 cm³/mol. The van der Waals surface area contributed by atoms with Crippen LogP contribution in [0.15, 0.2) is 29.3 Å². The maximum absolute atomic E-state index is 11.7. The molecule has 2 unspecified atom stereocenters. The summed E-state index contributed by atoms with van der Waals surface area (Å²) in [7, 11) is -2.92. The van der Waals surface area contributed by atoms with Crippen LogP contribution >= 0.6 is 35.6 Å². The van der Waals surface area contributed by atoms with E-state index in [1.807, 2.05) is 25.1 Å². The lowest BCUT2D eigenvalue weighted by Gasteiger charge is -2.27. The van der Waals surface area contributed by atoms with Crippen molar-refractivity contribution in [3.05, 3.63) is 34.9 Å². The van der Waals surface area contributed by atoms with Gasteiger partial charge in [0.1, 0.15) is 0 Å². The minimum absolute atomic E-state index is 0. The fraction of sp³-hybridized carbons (Fsp3) is 0.632. The fourth-order valence-electron chi connectivity index (χ4n) is 3.80. The third-order valence-corrected chi connectivity index (χ3v) is 7.16. The first kappa shape index (κ1) is 23.7. The molecule has 0 aliphatic carbocycles. The van der Waals surface area contributed by atoms with Crippen LogP contribution in [0.25, 0.3) is 0 Å². The smallest absolute Gasteiger partial charge is 0.191 e. The summed E-state index contributed by atoms with van der Waals surface area (Å²) in [5.41, 5.74) is 1.17. The zero-order valence-corrected chi connectivity index (χ0v) is 20.1. The molecule has 0 radical (unpaired) electrons. The third-order valence-electron chi connectivity index (χ3n) is 5.15. The van der Waals surface area contributed by atoms with E-state index in [1.165, 1.54) is 18.4 Å². The maximum Gasteiger partial charge on any atom is 0.191 e. The molecule has 0 saturated carbocycles. The number of guanidine groups is 1. The number of likely N-dealkylation sites (tertiary alicyclic amines) is 1. The van der Waals surface area contributed by atoms with Crippen molar-refractivity contribution in [3.63, 3.8) is 0 Å². The van der Waals surface area contributed by atoms with Gasteiger partial charge in [-0.2, -0.15) is 0 Å². The number of sulfone groups is 1. The second-order valence-electron chi connectivity index (χ2n) is 7.28. The van der Waals surface area contributed by atoms with E-state index >= 15 is 0 Å². The molecular formula is C19H30ClIN4O2S. The highest BCUT2D eigenvalue weighted by atomic mass is 127. The maximum atomic E-state index is 11.7. The molecule has 0 amide bonds. The molecule has 6 nitrogen and oxygen atoms in total. The highest BCUT2D eigenvalue weighted by molar-refractivity contribution is 14.0. The summed E-state index contributed by atoms with van der Waals surface area (Å²) in [6.45, 7) is 5.48. The zero-order chi connectivity index (χ0) is 19.3. The summed E-state index contributed by atoms with van der Waals surface area (Å²) in [5.74, 6) is 1.12. The second kappa shape index (κ2) is 11.0. The van der Waals surface area contributed by atoms with E-state index in [1.54, 1.807) is 0 Å². The van der Waals surface area contributed by atoms with E-state index in [2.05, 4.69) is 21.6 Å². The average Bonchev–Trinajstić information content (AvgIpc) is 3.25. The van der Waals surface area contributed by atoms with Crippen LogP contribution in [0, 0.1) is 0 Å². The van der Waals surface area contributed by atoms with Gasteiger partial charge in [0.2, 0.25) is 0 Å². The molecule has 1 aromatic carbocycles. The monoisotopic (exact) mass is 540 g/mol. The number of hydrogen-bond acceptors (Lipinski definition) is 4. The Balaban J connectivity index is 0.00000280. The van der Waals surface area contributed by atoms with Crippen molar-refractivity contribution in [2.45, 2.75) is 38.3 Å². The van der Waals surface area contributed by atoms with Gasteiger partial charge in [-0.3, -0.25) is 9.89 Å². The number of benzene rings is 1. The van der Waals surface area contributed by atoms with Gasteiger partial charge in [-0.15, -0.1) is 24.0 Å². The normalized spacial score (nSPS) is 23.2. The Bertz CT molecular complexity index is 769. The summed E-state index contributed by atoms with van der Waals surface area (Å²) >= 11 is 6.21. The molecule has 2 N–H and O–H groups in total. The first-order valence-electron chi connectivity index (χ1n) is 9.71. The first-order valence-corrected chi connectivity index (χ1v) is 11.9. The zero-order valence-electron chi connectivity index (χ0n) is 16.2. The summed E-state index contributed by atoms with van der Waals surface area (Å²) in [6.07, 6.45) is 3.05. The second-order valence-corrected chi connectivity index (χ2v) is 9.94. The van der Waals surface area contributed by atoms with Crippen molar-refractivity contribution < 1.29 is 8.42 Å². The molecule has 2 aliphatic rings. The lowest BCUT2D eigenvalue weighted by molar-refractivity contribution is 0.251. The molecule has 28 heavy (non-hydrogen) atoms. The highest BCUT2D eigenvalue weighted by Gasteiger charge is 2.29. The van der Waals surface area contributed by atoms with Crippen molar-refractivity contribution in [2.24, 2.45) is 4.99 Å². The van der Waals surface area contributed by atoms with Crippen molar-refractivity contribution in [1.82, 2.24) is 15.5 Å². The lowest BCUT2D eigenvalue weighted by atomic mass is 10.1. The van der Waals surface area contributed by atoms with Crippen LogP contribution in [-0.4, -0.2) is 63.0 Å². The van der Waals surface area contributed by atoms with E-state index in [9.17, 15) is 8.42 Å². The van der Waals surface area contributed by atoms with Gasteiger partial charge in [0, 0.05) is 17.6 Å². The van der Waals surface area contributed by atoms with Crippen LogP contribution in [0.2, 0.25) is 5.02 Å². The summed E-state index contributed by atoms with van der Waals surface area (Å²) < 4.78 is 23.4. The SMILES string of the molecule is CCNC(=NCC(c1cccc(Cl)c1)N1CCCC1)NC1CCS(=O)(=O)C1.I. The Kier molecular flexibility index (Phi) is 9.30. The molecule has 0 spiro atoms. The largest absolute Gasteiger partial charge is 0.357 e. The minimum Gasteiger partial charge on any atom is -0.357 e. The van der Waals surface area contributed by atoms with E-state index < -0.39 is 9.84 Å². The summed E-state index contributed by atoms with van der Waals surface area (Å²) in [4.78, 5) is 7.25. The topological polar surface area (TPSA) is 73.8 Å². The number of rotatable bonds is 6. The quantitative estimate of drug-likeness (QED) is 0.330. The van der Waals surface area contributed by atoms with Crippen molar-refractivity contribution in [2.75, 3.05) is 37.7 Å². The van der Waals surface area contributed by atoms with Gasteiger partial charge in [0.25, 0.3) is 0 Å². The van der Waals surface area contributed by atoms with Gasteiger partial charge >= 0.3 is 0 Å². The van der Waals surface area contributed by atoms with Gasteiger partial charge in [-0.05, 0) is 57.0 Å². The van der Waals surface area contributed by atoms with Gasteiger partial charge in [-0.1, -0.05) is 23.7 Å². The number of nitrogens with zero attached hydrogens (tertiary/aromatic N) is 2. The van der Waals surface area contributed by atoms with E-state index in [-0.39, 0.29) is 47.6 Å². The predicted octanol–water partition coefficient (Wildman–Crippen LogP) is 2.84. The molecule has 2 atom stereocenters. The Hall–Kier alpha value is -0.580. The molecule has 2 heterocycles. The highest BCUT2D eigenvalue weighted by Crippen LogP contribution is 2.27. The molecular weight excluding hydrogens is 511 g/mol. The van der Waals surface area contributed by atoms with Gasteiger partial charge in [0.15, 0.2) is 15.8 Å². The van der Waals surface area contributed by atoms with E-state index in [4.69, 9.17) is 16.6 Å². The minimum atomic E-state index is -2.92. The fourth-order valence-corrected chi connectivity index (χ4v) is 5.67. The Labute approximate surface area is 190 Å². The Morgan fingerprint density at radius 1 is 1.36 bits per heavy atom. The van der Waals surface area contributed by atoms with E-state index in [0.717, 1.165) is 24.7 Å². The molecule has 3 rings (SSSR count). The van der Waals surface area contributed by atoms with Crippen LogP contribution in [0.3, 0.4) is 0 Å². The molecule has 1 aromatic rings.